The van der Waals surface area contributed by atoms with Gasteiger partial charge >= 0.3 is 0 Å². The van der Waals surface area contributed by atoms with Crippen molar-refractivity contribution in [2.24, 2.45) is 0 Å². The second-order valence-electron chi connectivity index (χ2n) is 1.88. The van der Waals surface area contributed by atoms with Gasteiger partial charge in [-0.3, -0.25) is 0 Å². The number of furan rings is 1. The van der Waals surface area contributed by atoms with Crippen molar-refractivity contribution in [1.29, 1.82) is 0 Å². The highest BCUT2D eigenvalue weighted by Gasteiger charge is 1.94. The summed E-state index contributed by atoms with van der Waals surface area (Å²) in [4.78, 5) is 0. The molecule has 0 aliphatic heterocycles. The first-order valence-electron chi connectivity index (χ1n) is 2.87. The minimum atomic E-state index is 0.999. The summed E-state index contributed by atoms with van der Waals surface area (Å²) in [6, 6.07) is 1.98. The largest absolute Gasteiger partial charge is 0.469 e. The van der Waals surface area contributed by atoms with Gasteiger partial charge in [0.2, 0.25) is 0 Å². The zero-order valence-electron chi connectivity index (χ0n) is 5.27. The van der Waals surface area contributed by atoms with E-state index in [1.807, 2.05) is 6.07 Å². The van der Waals surface area contributed by atoms with Crippen molar-refractivity contribution >= 4 is 0 Å². The molecule has 44 valence electrons. The van der Waals surface area contributed by atoms with Crippen LogP contribution < -0.4 is 0 Å². The lowest BCUT2D eigenvalue weighted by molar-refractivity contribution is 0.513. The zero-order chi connectivity index (χ0) is 5.98. The lowest BCUT2D eigenvalue weighted by Crippen LogP contribution is -1.75. The van der Waals surface area contributed by atoms with Gasteiger partial charge in [0.05, 0.1) is 6.26 Å². The Balaban J connectivity index is 2.92. The highest BCUT2D eigenvalue weighted by atomic mass is 16.3. The fraction of sp³-hybridized carbons (Fsp3) is 0.429. The molecule has 0 saturated heterocycles. The molecule has 0 aliphatic rings. The van der Waals surface area contributed by atoms with Crippen LogP contribution in [0.1, 0.15) is 18.2 Å². The maximum absolute atomic E-state index is 5.11. The molecule has 0 amide bonds. The summed E-state index contributed by atoms with van der Waals surface area (Å²) in [5, 5.41) is 0. The van der Waals surface area contributed by atoms with Gasteiger partial charge in [0.15, 0.2) is 0 Å². The maximum atomic E-state index is 5.11. The number of hydrogen-bond acceptors (Lipinski definition) is 1. The highest BCUT2D eigenvalue weighted by molar-refractivity contribution is 5.13. The molecule has 1 nitrogen and oxygen atoms in total. The van der Waals surface area contributed by atoms with Crippen molar-refractivity contribution in [3.63, 3.8) is 0 Å². The number of hydrogen-bond donors (Lipinski definition) is 0. The van der Waals surface area contributed by atoms with Crippen LogP contribution in [0.2, 0.25) is 0 Å². The molecule has 1 heterocycles. The Hall–Kier alpha value is -0.720. The van der Waals surface area contributed by atoms with Crippen LogP contribution in [0, 0.1) is 6.92 Å². The van der Waals surface area contributed by atoms with Crippen molar-refractivity contribution in [3.8, 4) is 0 Å². The Kier molecular flexibility index (Phi) is 1.38. The topological polar surface area (TPSA) is 13.1 Å². The quantitative estimate of drug-likeness (QED) is 0.540. The first-order chi connectivity index (χ1) is 3.84. The second kappa shape index (κ2) is 2.03. The molecule has 0 atom stereocenters. The fourth-order valence-electron chi connectivity index (χ4n) is 0.766. The van der Waals surface area contributed by atoms with Crippen LogP contribution in [-0.2, 0) is 6.42 Å². The average molecular weight is 110 g/mol. The summed E-state index contributed by atoms with van der Waals surface area (Å²) in [6.45, 7) is 4.15. The Bertz CT molecular complexity index is 165. The van der Waals surface area contributed by atoms with Gasteiger partial charge < -0.3 is 4.42 Å². The molecule has 0 aliphatic carbocycles. The molecular weight excluding hydrogens is 100 g/mol. The summed E-state index contributed by atoms with van der Waals surface area (Å²) in [5.74, 6) is 1.10. The van der Waals surface area contributed by atoms with Gasteiger partial charge in [-0.05, 0) is 18.6 Å². The van der Waals surface area contributed by atoms with Crippen LogP contribution in [0.3, 0.4) is 0 Å². The summed E-state index contributed by atoms with van der Waals surface area (Å²) in [6.07, 6.45) is 2.73. The van der Waals surface area contributed by atoms with Crippen molar-refractivity contribution < 1.29 is 4.42 Å². The molecule has 0 fully saturated rings. The monoisotopic (exact) mass is 110 g/mol. The SMILES string of the molecule is CCc1occc1C. The van der Waals surface area contributed by atoms with E-state index < -0.39 is 0 Å². The van der Waals surface area contributed by atoms with Crippen LogP contribution in [0.15, 0.2) is 16.7 Å². The van der Waals surface area contributed by atoms with Gasteiger partial charge in [0.25, 0.3) is 0 Å². The van der Waals surface area contributed by atoms with Crippen LogP contribution in [0.4, 0.5) is 0 Å². The second-order valence-corrected chi connectivity index (χ2v) is 1.88. The molecule has 0 unspecified atom stereocenters. The number of aryl methyl sites for hydroxylation is 2. The molecule has 8 heavy (non-hydrogen) atoms. The van der Waals surface area contributed by atoms with Gasteiger partial charge in [0.1, 0.15) is 5.76 Å². The fourth-order valence-corrected chi connectivity index (χ4v) is 0.766. The molecule has 0 N–H and O–H groups in total. The predicted octanol–water partition coefficient (Wildman–Crippen LogP) is 2.15. The lowest BCUT2D eigenvalue weighted by atomic mass is 10.2. The van der Waals surface area contributed by atoms with E-state index in [1.165, 1.54) is 5.56 Å². The predicted molar refractivity (Wildman–Crippen MR) is 32.8 cm³/mol. The van der Waals surface area contributed by atoms with Crippen molar-refractivity contribution in [1.82, 2.24) is 0 Å². The Morgan fingerprint density at radius 2 is 2.38 bits per heavy atom. The van der Waals surface area contributed by atoms with Crippen molar-refractivity contribution in [3.05, 3.63) is 23.7 Å². The maximum Gasteiger partial charge on any atom is 0.106 e. The summed E-state index contributed by atoms with van der Waals surface area (Å²) >= 11 is 0. The van der Waals surface area contributed by atoms with E-state index in [2.05, 4.69) is 13.8 Å². The minimum Gasteiger partial charge on any atom is -0.469 e. The molecule has 0 spiro atoms. The van der Waals surface area contributed by atoms with Gasteiger partial charge in [-0.1, -0.05) is 6.92 Å². The molecular formula is C7H10O. The first kappa shape index (κ1) is 5.42. The Morgan fingerprint density at radius 1 is 1.62 bits per heavy atom. The van der Waals surface area contributed by atoms with Gasteiger partial charge in [-0.15, -0.1) is 0 Å². The zero-order valence-corrected chi connectivity index (χ0v) is 5.27. The summed E-state index contributed by atoms with van der Waals surface area (Å²) < 4.78 is 5.11. The van der Waals surface area contributed by atoms with Crippen LogP contribution in [0.5, 0.6) is 0 Å². The first-order valence-corrected chi connectivity index (χ1v) is 2.87. The molecule has 1 aromatic rings. The van der Waals surface area contributed by atoms with E-state index in [-0.39, 0.29) is 0 Å². The van der Waals surface area contributed by atoms with Gasteiger partial charge in [-0.25, -0.2) is 0 Å². The smallest absolute Gasteiger partial charge is 0.106 e. The van der Waals surface area contributed by atoms with Gasteiger partial charge in [0, 0.05) is 6.42 Å². The molecule has 1 aromatic heterocycles. The average Bonchev–Trinajstić information content (AvgIpc) is 2.14. The molecule has 0 aromatic carbocycles. The minimum absolute atomic E-state index is 0.999. The highest BCUT2D eigenvalue weighted by Crippen LogP contribution is 2.07. The third kappa shape index (κ3) is 0.760. The van der Waals surface area contributed by atoms with Crippen molar-refractivity contribution in [2.75, 3.05) is 0 Å². The lowest BCUT2D eigenvalue weighted by Gasteiger charge is -1.86. The Morgan fingerprint density at radius 3 is 2.62 bits per heavy atom. The van der Waals surface area contributed by atoms with E-state index in [0.717, 1.165) is 12.2 Å². The van der Waals surface area contributed by atoms with E-state index in [0.29, 0.717) is 0 Å². The standard InChI is InChI=1S/C7H10O/c1-3-7-6(2)4-5-8-7/h4-5H,3H2,1-2H3. The van der Waals surface area contributed by atoms with E-state index in [1.54, 1.807) is 6.26 Å². The molecule has 1 rings (SSSR count). The normalized spacial score (nSPS) is 9.75. The van der Waals surface area contributed by atoms with Crippen molar-refractivity contribution in [2.45, 2.75) is 20.3 Å². The summed E-state index contributed by atoms with van der Waals surface area (Å²) in [5.41, 5.74) is 1.26. The van der Waals surface area contributed by atoms with Crippen LogP contribution in [0.25, 0.3) is 0 Å². The summed E-state index contributed by atoms with van der Waals surface area (Å²) in [7, 11) is 0. The van der Waals surface area contributed by atoms with Gasteiger partial charge in [-0.2, -0.15) is 0 Å². The third-order valence-electron chi connectivity index (χ3n) is 1.29. The van der Waals surface area contributed by atoms with Crippen LogP contribution in [-0.4, -0.2) is 0 Å². The van der Waals surface area contributed by atoms with E-state index in [4.69, 9.17) is 4.42 Å². The molecule has 0 radical (unpaired) electrons. The van der Waals surface area contributed by atoms with E-state index >= 15 is 0 Å². The molecule has 0 saturated carbocycles. The third-order valence-corrected chi connectivity index (χ3v) is 1.29. The molecule has 0 bridgehead atoms. The van der Waals surface area contributed by atoms with Crippen LogP contribution >= 0.6 is 0 Å². The number of rotatable bonds is 1. The Labute approximate surface area is 49.3 Å². The van der Waals surface area contributed by atoms with E-state index in [9.17, 15) is 0 Å². The molecule has 1 heteroatoms.